The van der Waals surface area contributed by atoms with E-state index < -0.39 is 36.5 Å². The molecule has 0 amide bonds. The molecular formula is C24H30N2O9S2. The molecule has 0 aliphatic carbocycles. The Morgan fingerprint density at radius 2 is 1.89 bits per heavy atom. The Kier molecular flexibility index (Phi) is 8.75. The smallest absolute Gasteiger partial charge is 0.339 e. The SMILES string of the molecule is COC(=O)c1cc(S(=O)(=O)NCCOCc2cc(C(C)C)c3c(c2)C(C)OC(=O)C3)ccc1S(N)(=O)=O. The van der Waals surface area contributed by atoms with Crippen LogP contribution in [-0.4, -0.2) is 49.0 Å². The molecule has 1 aliphatic heterocycles. The highest BCUT2D eigenvalue weighted by Crippen LogP contribution is 2.34. The van der Waals surface area contributed by atoms with E-state index in [0.29, 0.717) is 0 Å². The summed E-state index contributed by atoms with van der Waals surface area (Å²) >= 11 is 0. The lowest BCUT2D eigenvalue weighted by Crippen LogP contribution is -2.28. The van der Waals surface area contributed by atoms with Crippen molar-refractivity contribution in [1.29, 1.82) is 0 Å². The molecule has 0 spiro atoms. The van der Waals surface area contributed by atoms with Crippen molar-refractivity contribution in [3.8, 4) is 0 Å². The van der Waals surface area contributed by atoms with Crippen molar-refractivity contribution >= 4 is 32.0 Å². The molecule has 37 heavy (non-hydrogen) atoms. The predicted molar refractivity (Wildman–Crippen MR) is 133 cm³/mol. The molecule has 1 aliphatic rings. The van der Waals surface area contributed by atoms with E-state index in [0.717, 1.165) is 47.6 Å². The molecule has 0 saturated heterocycles. The lowest BCUT2D eigenvalue weighted by Gasteiger charge is -2.27. The summed E-state index contributed by atoms with van der Waals surface area (Å²) in [7, 11) is -7.35. The molecule has 0 aromatic heterocycles. The average Bonchev–Trinajstić information content (AvgIpc) is 2.82. The van der Waals surface area contributed by atoms with Crippen LogP contribution < -0.4 is 9.86 Å². The van der Waals surface area contributed by atoms with Crippen LogP contribution in [0.1, 0.15) is 65.4 Å². The van der Waals surface area contributed by atoms with Crippen LogP contribution in [0, 0.1) is 0 Å². The van der Waals surface area contributed by atoms with Crippen molar-refractivity contribution in [3.05, 3.63) is 58.1 Å². The summed E-state index contributed by atoms with van der Waals surface area (Å²) in [6, 6.07) is 6.78. The van der Waals surface area contributed by atoms with Crippen molar-refractivity contribution in [2.24, 2.45) is 5.14 Å². The second kappa shape index (κ2) is 11.3. The minimum atomic E-state index is -4.28. The summed E-state index contributed by atoms with van der Waals surface area (Å²) < 4.78 is 66.8. The molecular weight excluding hydrogens is 524 g/mol. The fraction of sp³-hybridized carbons (Fsp3) is 0.417. The molecule has 202 valence electrons. The van der Waals surface area contributed by atoms with E-state index in [-0.39, 0.29) is 49.1 Å². The average molecular weight is 555 g/mol. The number of ether oxygens (including phenoxy) is 3. The second-order valence-electron chi connectivity index (χ2n) is 8.86. The number of carbonyl (C=O) groups excluding carboxylic acids is 2. The van der Waals surface area contributed by atoms with E-state index >= 15 is 0 Å². The number of hydrogen-bond acceptors (Lipinski definition) is 9. The van der Waals surface area contributed by atoms with Gasteiger partial charge in [-0.05, 0) is 59.4 Å². The van der Waals surface area contributed by atoms with Crippen molar-refractivity contribution in [2.75, 3.05) is 20.3 Å². The Bertz CT molecular complexity index is 1400. The van der Waals surface area contributed by atoms with Crippen LogP contribution in [0.3, 0.4) is 0 Å². The lowest BCUT2D eigenvalue weighted by molar-refractivity contribution is -0.149. The number of nitrogens with two attached hydrogens (primary N) is 1. The zero-order valence-electron chi connectivity index (χ0n) is 20.9. The standard InChI is InChI=1S/C24H30N2O9S2/c1-14(2)18-9-16(10-19-15(3)35-23(27)12-20(18)19)13-34-8-7-26-37(31,32)17-5-6-22(36(25,29)30)21(11-17)24(28)33-4/h5-6,9-11,14-15,26H,7-8,12-13H2,1-4H3,(H2,25,29,30). The first kappa shape index (κ1) is 28.7. The Labute approximate surface area is 216 Å². The van der Waals surface area contributed by atoms with Gasteiger partial charge in [-0.15, -0.1) is 0 Å². The first-order valence-corrected chi connectivity index (χ1v) is 14.4. The van der Waals surface area contributed by atoms with Crippen molar-refractivity contribution < 1.29 is 40.6 Å². The summed E-state index contributed by atoms with van der Waals surface area (Å²) in [6.45, 7) is 6.08. The summed E-state index contributed by atoms with van der Waals surface area (Å²) in [5.41, 5.74) is 3.35. The highest BCUT2D eigenvalue weighted by atomic mass is 32.2. The zero-order chi connectivity index (χ0) is 27.5. The Balaban J connectivity index is 1.67. The van der Waals surface area contributed by atoms with Crippen LogP contribution in [0.2, 0.25) is 0 Å². The van der Waals surface area contributed by atoms with E-state index in [1.165, 1.54) is 0 Å². The minimum absolute atomic E-state index is 0.0387. The minimum Gasteiger partial charge on any atom is -0.465 e. The molecule has 3 rings (SSSR count). The van der Waals surface area contributed by atoms with Gasteiger partial charge in [-0.2, -0.15) is 0 Å². The first-order chi connectivity index (χ1) is 17.2. The maximum atomic E-state index is 12.7. The summed E-state index contributed by atoms with van der Waals surface area (Å²) in [5, 5.41) is 5.11. The number of cyclic esters (lactones) is 1. The number of methoxy groups -OCH3 is 1. The second-order valence-corrected chi connectivity index (χ2v) is 12.2. The lowest BCUT2D eigenvalue weighted by atomic mass is 9.86. The van der Waals surface area contributed by atoms with E-state index in [2.05, 4.69) is 9.46 Å². The van der Waals surface area contributed by atoms with Gasteiger partial charge in [0.15, 0.2) is 0 Å². The quantitative estimate of drug-likeness (QED) is 0.329. The normalized spacial score (nSPS) is 15.8. The molecule has 0 fully saturated rings. The summed E-state index contributed by atoms with van der Waals surface area (Å²) in [5.74, 6) is -1.11. The summed E-state index contributed by atoms with van der Waals surface area (Å²) in [4.78, 5) is 23.0. The highest BCUT2D eigenvalue weighted by molar-refractivity contribution is 7.89. The molecule has 3 N–H and O–H groups in total. The van der Waals surface area contributed by atoms with Gasteiger partial charge in [0, 0.05) is 6.54 Å². The monoisotopic (exact) mass is 554 g/mol. The largest absolute Gasteiger partial charge is 0.465 e. The summed E-state index contributed by atoms with van der Waals surface area (Å²) in [6.07, 6.45) is -0.137. The molecule has 2 aromatic carbocycles. The van der Waals surface area contributed by atoms with Gasteiger partial charge in [-0.1, -0.05) is 19.9 Å². The molecule has 1 unspecified atom stereocenters. The van der Waals surface area contributed by atoms with Crippen molar-refractivity contribution in [3.63, 3.8) is 0 Å². The molecule has 1 atom stereocenters. The Hall–Kier alpha value is -2.84. The van der Waals surface area contributed by atoms with Crippen LogP contribution in [0.25, 0.3) is 0 Å². The predicted octanol–water partition coefficient (Wildman–Crippen LogP) is 1.90. The van der Waals surface area contributed by atoms with Crippen LogP contribution in [0.4, 0.5) is 0 Å². The van der Waals surface area contributed by atoms with Gasteiger partial charge in [0.1, 0.15) is 6.10 Å². The van der Waals surface area contributed by atoms with Crippen LogP contribution in [0.15, 0.2) is 40.1 Å². The van der Waals surface area contributed by atoms with Gasteiger partial charge in [0.25, 0.3) is 0 Å². The molecule has 0 radical (unpaired) electrons. The molecule has 2 aromatic rings. The van der Waals surface area contributed by atoms with Crippen LogP contribution >= 0.6 is 0 Å². The van der Waals surface area contributed by atoms with Crippen LogP contribution in [-0.2, 0) is 52.1 Å². The zero-order valence-corrected chi connectivity index (χ0v) is 22.6. The topological polar surface area (TPSA) is 168 Å². The fourth-order valence-corrected chi connectivity index (χ4v) is 5.85. The molecule has 11 nitrogen and oxygen atoms in total. The Morgan fingerprint density at radius 1 is 1.19 bits per heavy atom. The number of hydrogen-bond donors (Lipinski definition) is 2. The van der Waals surface area contributed by atoms with E-state index in [1.807, 2.05) is 32.9 Å². The molecule has 13 heteroatoms. The third-order valence-corrected chi connectivity index (χ3v) is 8.28. The number of benzene rings is 2. The number of fused-ring (bicyclic) bond motifs is 1. The van der Waals surface area contributed by atoms with E-state index in [1.54, 1.807) is 0 Å². The third-order valence-electron chi connectivity index (χ3n) is 5.85. The van der Waals surface area contributed by atoms with Crippen molar-refractivity contribution in [1.82, 2.24) is 4.72 Å². The maximum absolute atomic E-state index is 12.7. The molecule has 0 saturated carbocycles. The number of carbonyl (C=O) groups is 2. The number of esters is 2. The van der Waals surface area contributed by atoms with Crippen molar-refractivity contribution in [2.45, 2.75) is 55.6 Å². The van der Waals surface area contributed by atoms with Gasteiger partial charge in [0.2, 0.25) is 20.0 Å². The molecule has 0 bridgehead atoms. The van der Waals surface area contributed by atoms with Crippen LogP contribution in [0.5, 0.6) is 0 Å². The Morgan fingerprint density at radius 3 is 2.51 bits per heavy atom. The van der Waals surface area contributed by atoms with Gasteiger partial charge in [-0.3, -0.25) is 4.79 Å². The van der Waals surface area contributed by atoms with Gasteiger partial charge in [-0.25, -0.2) is 31.5 Å². The molecule has 1 heterocycles. The van der Waals surface area contributed by atoms with E-state index in [9.17, 15) is 26.4 Å². The number of nitrogens with one attached hydrogen (secondary N) is 1. The number of primary sulfonamides is 1. The van der Waals surface area contributed by atoms with Gasteiger partial charge < -0.3 is 14.2 Å². The van der Waals surface area contributed by atoms with Gasteiger partial charge in [0.05, 0.1) is 42.1 Å². The highest BCUT2D eigenvalue weighted by Gasteiger charge is 2.27. The van der Waals surface area contributed by atoms with E-state index in [4.69, 9.17) is 14.6 Å². The fourth-order valence-electron chi connectivity index (χ4n) is 4.11. The number of sulfonamides is 2. The number of rotatable bonds is 10. The third kappa shape index (κ3) is 6.73. The van der Waals surface area contributed by atoms with Gasteiger partial charge >= 0.3 is 11.9 Å². The first-order valence-electron chi connectivity index (χ1n) is 11.4. The maximum Gasteiger partial charge on any atom is 0.339 e.